The van der Waals surface area contributed by atoms with Crippen LogP contribution in [0.5, 0.6) is 0 Å². The van der Waals surface area contributed by atoms with E-state index >= 15 is 0 Å². The molecule has 0 radical (unpaired) electrons. The van der Waals surface area contributed by atoms with Gasteiger partial charge < -0.3 is 0 Å². The lowest BCUT2D eigenvalue weighted by Gasteiger charge is -2.14. The third-order valence-corrected chi connectivity index (χ3v) is 5.04. The first-order valence-corrected chi connectivity index (χ1v) is 8.37. The molecule has 2 rings (SSSR count). The van der Waals surface area contributed by atoms with Crippen molar-refractivity contribution >= 4 is 21.0 Å². The second-order valence-corrected chi connectivity index (χ2v) is 7.07. The zero-order valence-corrected chi connectivity index (χ0v) is 13.5. The highest BCUT2D eigenvalue weighted by atomic mass is 32.2. The molecule has 0 atom stereocenters. The molecule has 0 saturated heterocycles. The van der Waals surface area contributed by atoms with E-state index in [1.54, 1.807) is 24.3 Å². The molecule has 4 heteroatoms. The average Bonchev–Trinajstić information content (AvgIpc) is 2.53. The zero-order chi connectivity index (χ0) is 16.0. The molecule has 114 valence electrons. The van der Waals surface area contributed by atoms with Crippen molar-refractivity contribution in [3.63, 3.8) is 0 Å². The van der Waals surface area contributed by atoms with Gasteiger partial charge in [-0.15, -0.1) is 0 Å². The quantitative estimate of drug-likeness (QED) is 0.790. The van der Waals surface area contributed by atoms with Gasteiger partial charge in [0.15, 0.2) is 0 Å². The second kappa shape index (κ2) is 7.20. The Morgan fingerprint density at radius 1 is 0.909 bits per heavy atom. The van der Waals surface area contributed by atoms with Crippen molar-refractivity contribution in [2.75, 3.05) is 14.1 Å². The summed E-state index contributed by atoms with van der Waals surface area (Å²) in [7, 11) is -0.434. The molecule has 3 nitrogen and oxygen atoms in total. The van der Waals surface area contributed by atoms with Gasteiger partial charge in [0.2, 0.25) is 10.0 Å². The summed E-state index contributed by atoms with van der Waals surface area (Å²) in [6, 6.07) is 18.9. The summed E-state index contributed by atoms with van der Waals surface area (Å²) >= 11 is 0. The van der Waals surface area contributed by atoms with Crippen LogP contribution in [0, 0.1) is 0 Å². The molecule has 0 unspecified atom stereocenters. The number of allylic oxidation sites excluding steroid dienone is 2. The Labute approximate surface area is 132 Å². The smallest absolute Gasteiger partial charge is 0.207 e. The Bertz CT molecular complexity index is 761. The summed E-state index contributed by atoms with van der Waals surface area (Å²) in [4.78, 5) is 0.283. The predicted octanol–water partition coefficient (Wildman–Crippen LogP) is 3.63. The topological polar surface area (TPSA) is 37.4 Å². The number of sulfonamides is 1. The lowest BCUT2D eigenvalue weighted by molar-refractivity contribution is 0.532. The third kappa shape index (κ3) is 3.93. The first-order chi connectivity index (χ1) is 10.5. The van der Waals surface area contributed by atoms with E-state index in [2.05, 4.69) is 0 Å². The van der Waals surface area contributed by atoms with E-state index < -0.39 is 10.0 Å². The first-order valence-electron chi connectivity index (χ1n) is 6.93. The lowest BCUT2D eigenvalue weighted by Crippen LogP contribution is -2.23. The van der Waals surface area contributed by atoms with Crippen LogP contribution >= 0.6 is 0 Å². The van der Waals surface area contributed by atoms with E-state index in [1.807, 2.05) is 54.6 Å². The number of nitrogens with zero attached hydrogens (tertiary/aromatic N) is 1. The van der Waals surface area contributed by atoms with Gasteiger partial charge in [-0.25, -0.2) is 12.7 Å². The van der Waals surface area contributed by atoms with E-state index in [0.29, 0.717) is 5.56 Å². The van der Waals surface area contributed by atoms with Crippen LogP contribution in [-0.2, 0) is 10.0 Å². The minimum Gasteiger partial charge on any atom is -0.207 e. The summed E-state index contributed by atoms with van der Waals surface area (Å²) in [6.07, 6.45) is 5.28. The maximum atomic E-state index is 12.5. The van der Waals surface area contributed by atoms with Crippen LogP contribution in [0.3, 0.4) is 0 Å². The van der Waals surface area contributed by atoms with Crippen LogP contribution in [0.2, 0.25) is 0 Å². The second-order valence-electron chi connectivity index (χ2n) is 4.95. The van der Waals surface area contributed by atoms with Gasteiger partial charge in [0, 0.05) is 14.1 Å². The minimum atomic E-state index is -3.50. The summed E-state index contributed by atoms with van der Waals surface area (Å²) in [5.41, 5.74) is 1.70. The lowest BCUT2D eigenvalue weighted by atomic mass is 10.2. The number of benzene rings is 2. The van der Waals surface area contributed by atoms with Crippen molar-refractivity contribution < 1.29 is 8.42 Å². The van der Waals surface area contributed by atoms with Crippen LogP contribution in [0.15, 0.2) is 72.8 Å². The maximum Gasteiger partial charge on any atom is 0.243 e. The monoisotopic (exact) mass is 313 g/mol. The normalized spacial score (nSPS) is 13.0. The molecule has 2 aromatic rings. The zero-order valence-electron chi connectivity index (χ0n) is 12.7. The average molecular weight is 313 g/mol. The first kappa shape index (κ1) is 16.2. The predicted molar refractivity (Wildman–Crippen MR) is 92.5 cm³/mol. The molecule has 0 fully saturated rings. The number of hydrogen-bond acceptors (Lipinski definition) is 2. The van der Waals surface area contributed by atoms with Crippen LogP contribution in [0.4, 0.5) is 0 Å². The van der Waals surface area contributed by atoms with Crippen LogP contribution < -0.4 is 0 Å². The van der Waals surface area contributed by atoms with Crippen molar-refractivity contribution in [1.82, 2.24) is 4.31 Å². The van der Waals surface area contributed by atoms with E-state index in [1.165, 1.54) is 18.4 Å². The van der Waals surface area contributed by atoms with Gasteiger partial charge in [0.05, 0.1) is 4.91 Å². The molecule has 0 bridgehead atoms. The van der Waals surface area contributed by atoms with Gasteiger partial charge in [-0.05, 0) is 17.2 Å². The largest absolute Gasteiger partial charge is 0.243 e. The highest BCUT2D eigenvalue weighted by Crippen LogP contribution is 2.23. The van der Waals surface area contributed by atoms with E-state index in [-0.39, 0.29) is 4.91 Å². The van der Waals surface area contributed by atoms with Crippen LogP contribution in [0.1, 0.15) is 11.1 Å². The molecule has 2 aromatic carbocycles. The standard InChI is InChI=1S/C18H19NO2S/c1-19(2)22(20,21)18(17-13-7-4-8-14-17)15-9-12-16-10-5-3-6-11-16/h3-15H,1-2H3/b12-9+,18-15+. The van der Waals surface area contributed by atoms with Crippen molar-refractivity contribution in [1.29, 1.82) is 0 Å². The molecule has 0 aliphatic carbocycles. The molecule has 0 heterocycles. The number of rotatable bonds is 5. The van der Waals surface area contributed by atoms with Gasteiger partial charge in [0.1, 0.15) is 0 Å². The molecule has 0 saturated carbocycles. The Hall–Kier alpha value is -2.17. The van der Waals surface area contributed by atoms with Crippen molar-refractivity contribution in [3.8, 4) is 0 Å². The fraction of sp³-hybridized carbons (Fsp3) is 0.111. The van der Waals surface area contributed by atoms with Crippen molar-refractivity contribution in [2.24, 2.45) is 0 Å². The SMILES string of the molecule is CN(C)S(=O)(=O)/C(=C/C=C/c1ccccc1)c1ccccc1. The van der Waals surface area contributed by atoms with Crippen molar-refractivity contribution in [2.45, 2.75) is 0 Å². The molecular formula is C18H19NO2S. The van der Waals surface area contributed by atoms with Crippen molar-refractivity contribution in [3.05, 3.63) is 83.9 Å². The summed E-state index contributed by atoms with van der Waals surface area (Å²) < 4.78 is 26.2. The van der Waals surface area contributed by atoms with Crippen LogP contribution in [0.25, 0.3) is 11.0 Å². The van der Waals surface area contributed by atoms with E-state index in [0.717, 1.165) is 5.56 Å². The molecule has 22 heavy (non-hydrogen) atoms. The highest BCUT2D eigenvalue weighted by molar-refractivity contribution is 7.98. The molecule has 0 N–H and O–H groups in total. The minimum absolute atomic E-state index is 0.283. The van der Waals surface area contributed by atoms with Gasteiger partial charge in [0.25, 0.3) is 0 Å². The molecule has 0 aliphatic rings. The van der Waals surface area contributed by atoms with E-state index in [9.17, 15) is 8.42 Å². The molecule has 0 aliphatic heterocycles. The Morgan fingerprint density at radius 3 is 2.00 bits per heavy atom. The molecule has 0 spiro atoms. The van der Waals surface area contributed by atoms with Crippen LogP contribution in [-0.4, -0.2) is 26.8 Å². The Balaban J connectivity index is 2.42. The Morgan fingerprint density at radius 2 is 1.45 bits per heavy atom. The maximum absolute atomic E-state index is 12.5. The highest BCUT2D eigenvalue weighted by Gasteiger charge is 2.21. The van der Waals surface area contributed by atoms with Gasteiger partial charge in [-0.1, -0.05) is 72.8 Å². The molecular weight excluding hydrogens is 294 g/mol. The van der Waals surface area contributed by atoms with Gasteiger partial charge >= 0.3 is 0 Å². The third-order valence-electron chi connectivity index (χ3n) is 3.15. The molecule has 0 aromatic heterocycles. The number of hydrogen-bond donors (Lipinski definition) is 0. The van der Waals surface area contributed by atoms with Gasteiger partial charge in [-0.3, -0.25) is 0 Å². The summed E-state index contributed by atoms with van der Waals surface area (Å²) in [5.74, 6) is 0. The van der Waals surface area contributed by atoms with Gasteiger partial charge in [-0.2, -0.15) is 0 Å². The fourth-order valence-corrected chi connectivity index (χ4v) is 3.02. The summed E-state index contributed by atoms with van der Waals surface area (Å²) in [5, 5.41) is 0. The molecule has 0 amide bonds. The van der Waals surface area contributed by atoms with E-state index in [4.69, 9.17) is 0 Å². The Kier molecular flexibility index (Phi) is 5.31. The summed E-state index contributed by atoms with van der Waals surface area (Å²) in [6.45, 7) is 0. The fourth-order valence-electron chi connectivity index (χ4n) is 1.94.